The van der Waals surface area contributed by atoms with Gasteiger partial charge in [0.1, 0.15) is 0 Å². The Hall–Kier alpha value is -0.530. The monoisotopic (exact) mass is 200 g/mol. The minimum atomic E-state index is -0.0824. The molecule has 0 saturated carbocycles. The molecule has 0 aliphatic heterocycles. The molecule has 0 heterocycles. The van der Waals surface area contributed by atoms with Gasteiger partial charge in [0.2, 0.25) is 0 Å². The van der Waals surface area contributed by atoms with E-state index in [4.69, 9.17) is 4.74 Å². The van der Waals surface area contributed by atoms with E-state index in [9.17, 15) is 4.79 Å². The van der Waals surface area contributed by atoms with Crippen LogP contribution >= 0.6 is 0 Å². The van der Waals surface area contributed by atoms with Gasteiger partial charge in [-0.05, 0) is 24.7 Å². The number of carbonyl (C=O) groups excluding carboxylic acids is 1. The number of rotatable bonds is 6. The molecule has 0 aliphatic rings. The Labute approximate surface area is 88.0 Å². The summed E-state index contributed by atoms with van der Waals surface area (Å²) in [7, 11) is 1.46. The second-order valence-corrected chi connectivity index (χ2v) is 4.51. The highest BCUT2D eigenvalue weighted by atomic mass is 16.5. The smallest absolute Gasteiger partial charge is 0.308 e. The third-order valence-electron chi connectivity index (χ3n) is 2.86. The molecule has 0 saturated heterocycles. The Morgan fingerprint density at radius 2 is 1.71 bits per heavy atom. The molecule has 0 aromatic rings. The lowest BCUT2D eigenvalue weighted by atomic mass is 9.88. The van der Waals surface area contributed by atoms with E-state index in [1.165, 1.54) is 20.0 Å². The maximum absolute atomic E-state index is 11.2. The number of methoxy groups -OCH3 is 1. The zero-order valence-corrected chi connectivity index (χ0v) is 10.2. The van der Waals surface area contributed by atoms with E-state index in [1.807, 2.05) is 6.92 Å². The predicted molar refractivity (Wildman–Crippen MR) is 59.0 cm³/mol. The van der Waals surface area contributed by atoms with E-state index < -0.39 is 0 Å². The molecular formula is C12H24O2. The van der Waals surface area contributed by atoms with Crippen LogP contribution in [0.25, 0.3) is 0 Å². The lowest BCUT2D eigenvalue weighted by Crippen LogP contribution is -2.16. The molecule has 14 heavy (non-hydrogen) atoms. The van der Waals surface area contributed by atoms with E-state index in [2.05, 4.69) is 20.8 Å². The summed E-state index contributed by atoms with van der Waals surface area (Å²) < 4.78 is 4.71. The predicted octanol–water partition coefficient (Wildman–Crippen LogP) is 3.26. The van der Waals surface area contributed by atoms with Crippen molar-refractivity contribution in [3.05, 3.63) is 0 Å². The summed E-state index contributed by atoms with van der Waals surface area (Å²) in [5.41, 5.74) is 0. The van der Waals surface area contributed by atoms with E-state index in [0.717, 1.165) is 12.3 Å². The van der Waals surface area contributed by atoms with Gasteiger partial charge >= 0.3 is 5.97 Å². The van der Waals surface area contributed by atoms with Crippen molar-refractivity contribution in [3.8, 4) is 0 Å². The van der Waals surface area contributed by atoms with Crippen LogP contribution in [0.2, 0.25) is 0 Å². The van der Waals surface area contributed by atoms with Crippen molar-refractivity contribution >= 4 is 5.97 Å². The zero-order valence-electron chi connectivity index (χ0n) is 10.2. The Balaban J connectivity index is 3.81. The molecule has 0 aromatic carbocycles. The minimum absolute atomic E-state index is 0.0408. The van der Waals surface area contributed by atoms with Crippen molar-refractivity contribution in [3.63, 3.8) is 0 Å². The Bertz CT molecular complexity index is 166. The Morgan fingerprint density at radius 1 is 1.14 bits per heavy atom. The SMILES string of the molecule is CC[C@H](C)C[C@H](C)C[C@H](C)C(=O)OC. The number of hydrogen-bond acceptors (Lipinski definition) is 2. The van der Waals surface area contributed by atoms with Crippen molar-refractivity contribution in [1.82, 2.24) is 0 Å². The van der Waals surface area contributed by atoms with Crippen molar-refractivity contribution in [2.75, 3.05) is 7.11 Å². The normalized spacial score (nSPS) is 17.2. The molecular weight excluding hydrogens is 176 g/mol. The van der Waals surface area contributed by atoms with Gasteiger partial charge in [0.15, 0.2) is 0 Å². The fourth-order valence-corrected chi connectivity index (χ4v) is 1.85. The molecule has 84 valence electrons. The van der Waals surface area contributed by atoms with Crippen molar-refractivity contribution in [2.45, 2.75) is 47.0 Å². The fourth-order valence-electron chi connectivity index (χ4n) is 1.85. The lowest BCUT2D eigenvalue weighted by Gasteiger charge is -2.18. The van der Waals surface area contributed by atoms with Gasteiger partial charge in [0.05, 0.1) is 13.0 Å². The van der Waals surface area contributed by atoms with Crippen LogP contribution < -0.4 is 0 Å². The fraction of sp³-hybridized carbons (Fsp3) is 0.917. The molecule has 0 unspecified atom stereocenters. The Morgan fingerprint density at radius 3 is 2.14 bits per heavy atom. The molecule has 2 heteroatoms. The van der Waals surface area contributed by atoms with Crippen LogP contribution in [0.4, 0.5) is 0 Å². The molecule has 3 atom stereocenters. The van der Waals surface area contributed by atoms with Crippen molar-refractivity contribution < 1.29 is 9.53 Å². The zero-order chi connectivity index (χ0) is 11.1. The van der Waals surface area contributed by atoms with Gasteiger partial charge in [-0.15, -0.1) is 0 Å². The van der Waals surface area contributed by atoms with Crippen LogP contribution in [-0.2, 0) is 9.53 Å². The summed E-state index contributed by atoms with van der Waals surface area (Å²) in [5.74, 6) is 1.33. The Kier molecular flexibility index (Phi) is 6.60. The summed E-state index contributed by atoms with van der Waals surface area (Å²) in [6.07, 6.45) is 3.37. The van der Waals surface area contributed by atoms with Crippen LogP contribution in [0.15, 0.2) is 0 Å². The molecule has 0 amide bonds. The van der Waals surface area contributed by atoms with Crippen LogP contribution in [0.3, 0.4) is 0 Å². The average molecular weight is 200 g/mol. The molecule has 0 rings (SSSR count). The van der Waals surface area contributed by atoms with Crippen LogP contribution in [-0.4, -0.2) is 13.1 Å². The van der Waals surface area contributed by atoms with Gasteiger partial charge < -0.3 is 4.74 Å². The molecule has 0 radical (unpaired) electrons. The summed E-state index contributed by atoms with van der Waals surface area (Å²) in [4.78, 5) is 11.2. The minimum Gasteiger partial charge on any atom is -0.469 e. The van der Waals surface area contributed by atoms with Crippen LogP contribution in [0, 0.1) is 17.8 Å². The molecule has 0 N–H and O–H groups in total. The van der Waals surface area contributed by atoms with Crippen molar-refractivity contribution in [1.29, 1.82) is 0 Å². The number of ether oxygens (including phenoxy) is 1. The van der Waals surface area contributed by atoms with Crippen LogP contribution in [0.1, 0.15) is 47.0 Å². The lowest BCUT2D eigenvalue weighted by molar-refractivity contribution is -0.145. The maximum Gasteiger partial charge on any atom is 0.308 e. The van der Waals surface area contributed by atoms with Gasteiger partial charge in [0.25, 0.3) is 0 Å². The second-order valence-electron chi connectivity index (χ2n) is 4.51. The quantitative estimate of drug-likeness (QED) is 0.615. The summed E-state index contributed by atoms with van der Waals surface area (Å²) in [5, 5.41) is 0. The van der Waals surface area contributed by atoms with E-state index in [-0.39, 0.29) is 11.9 Å². The highest BCUT2D eigenvalue weighted by Gasteiger charge is 2.17. The first-order chi connectivity index (χ1) is 6.51. The summed E-state index contributed by atoms with van der Waals surface area (Å²) in [6.45, 7) is 8.63. The first-order valence-electron chi connectivity index (χ1n) is 5.59. The maximum atomic E-state index is 11.2. The molecule has 0 aliphatic carbocycles. The van der Waals surface area contributed by atoms with Gasteiger partial charge in [-0.3, -0.25) is 4.79 Å². The molecule has 0 aromatic heterocycles. The topological polar surface area (TPSA) is 26.3 Å². The molecule has 0 fully saturated rings. The molecule has 0 bridgehead atoms. The van der Waals surface area contributed by atoms with Gasteiger partial charge in [-0.2, -0.15) is 0 Å². The van der Waals surface area contributed by atoms with Crippen LogP contribution in [0.5, 0.6) is 0 Å². The average Bonchev–Trinajstić information content (AvgIpc) is 2.15. The van der Waals surface area contributed by atoms with E-state index in [0.29, 0.717) is 5.92 Å². The van der Waals surface area contributed by atoms with E-state index in [1.54, 1.807) is 0 Å². The number of esters is 1. The van der Waals surface area contributed by atoms with Gasteiger partial charge in [0, 0.05) is 0 Å². The van der Waals surface area contributed by atoms with Crippen molar-refractivity contribution in [2.24, 2.45) is 17.8 Å². The third-order valence-corrected chi connectivity index (χ3v) is 2.86. The highest BCUT2D eigenvalue weighted by molar-refractivity contribution is 5.71. The number of hydrogen-bond donors (Lipinski definition) is 0. The highest BCUT2D eigenvalue weighted by Crippen LogP contribution is 2.21. The van der Waals surface area contributed by atoms with Gasteiger partial charge in [-0.1, -0.05) is 34.1 Å². The standard InChI is InChI=1S/C12H24O2/c1-6-9(2)7-10(3)8-11(4)12(13)14-5/h9-11H,6-8H2,1-5H3/t9-,10-,11-/m0/s1. The first-order valence-corrected chi connectivity index (χ1v) is 5.59. The molecule has 2 nitrogen and oxygen atoms in total. The number of carbonyl (C=O) groups is 1. The largest absolute Gasteiger partial charge is 0.469 e. The summed E-state index contributed by atoms with van der Waals surface area (Å²) >= 11 is 0. The third kappa shape index (κ3) is 5.25. The second kappa shape index (κ2) is 6.86. The summed E-state index contributed by atoms with van der Waals surface area (Å²) in [6, 6.07) is 0. The first kappa shape index (κ1) is 13.5. The van der Waals surface area contributed by atoms with E-state index >= 15 is 0 Å². The van der Waals surface area contributed by atoms with Gasteiger partial charge in [-0.25, -0.2) is 0 Å². The molecule has 0 spiro atoms.